The van der Waals surface area contributed by atoms with Gasteiger partial charge >= 0.3 is 0 Å². The summed E-state index contributed by atoms with van der Waals surface area (Å²) in [6.45, 7) is 2.95. The summed E-state index contributed by atoms with van der Waals surface area (Å²) in [4.78, 5) is 11.2. The Morgan fingerprint density at radius 2 is 2.22 bits per heavy atom. The minimum absolute atomic E-state index is 0.0687. The van der Waals surface area contributed by atoms with E-state index in [2.05, 4.69) is 22.0 Å². The summed E-state index contributed by atoms with van der Waals surface area (Å²) < 4.78 is 11.8. The SMILES string of the molecule is COc1ccc(Br)cc1C1(CCC(C)=O)COC1. The Bertz CT molecular complexity index is 452. The lowest BCUT2D eigenvalue weighted by atomic mass is 9.74. The van der Waals surface area contributed by atoms with Crippen molar-refractivity contribution in [3.63, 3.8) is 0 Å². The molecule has 0 unspecified atom stereocenters. The van der Waals surface area contributed by atoms with E-state index in [9.17, 15) is 4.79 Å². The molecule has 1 aliphatic heterocycles. The number of hydrogen-bond acceptors (Lipinski definition) is 3. The van der Waals surface area contributed by atoms with E-state index in [-0.39, 0.29) is 11.2 Å². The second-order valence-corrected chi connectivity index (χ2v) is 5.74. The number of benzene rings is 1. The van der Waals surface area contributed by atoms with Gasteiger partial charge < -0.3 is 14.3 Å². The third-order valence-electron chi connectivity index (χ3n) is 3.45. The van der Waals surface area contributed by atoms with Gasteiger partial charge in [-0.15, -0.1) is 0 Å². The van der Waals surface area contributed by atoms with Crippen LogP contribution < -0.4 is 4.74 Å². The van der Waals surface area contributed by atoms with E-state index < -0.39 is 0 Å². The number of methoxy groups -OCH3 is 1. The second kappa shape index (κ2) is 5.41. The Morgan fingerprint density at radius 1 is 1.50 bits per heavy atom. The van der Waals surface area contributed by atoms with E-state index in [0.717, 1.165) is 22.2 Å². The van der Waals surface area contributed by atoms with Crippen molar-refractivity contribution in [1.29, 1.82) is 0 Å². The van der Waals surface area contributed by atoms with Gasteiger partial charge in [0.15, 0.2) is 0 Å². The Balaban J connectivity index is 2.31. The summed E-state index contributed by atoms with van der Waals surface area (Å²) >= 11 is 3.49. The lowest BCUT2D eigenvalue weighted by Crippen LogP contribution is -2.47. The molecule has 98 valence electrons. The smallest absolute Gasteiger partial charge is 0.129 e. The molecule has 2 rings (SSSR count). The average molecular weight is 313 g/mol. The van der Waals surface area contributed by atoms with Gasteiger partial charge in [0, 0.05) is 21.9 Å². The summed E-state index contributed by atoms with van der Waals surface area (Å²) in [7, 11) is 1.67. The molecule has 1 aromatic rings. The van der Waals surface area contributed by atoms with E-state index in [1.165, 1.54) is 0 Å². The van der Waals surface area contributed by atoms with Gasteiger partial charge in [-0.3, -0.25) is 0 Å². The quantitative estimate of drug-likeness (QED) is 0.838. The minimum Gasteiger partial charge on any atom is -0.496 e. The molecule has 1 saturated heterocycles. The van der Waals surface area contributed by atoms with Crippen molar-refractivity contribution in [2.24, 2.45) is 0 Å². The van der Waals surface area contributed by atoms with Crippen molar-refractivity contribution >= 4 is 21.7 Å². The van der Waals surface area contributed by atoms with Crippen LogP contribution >= 0.6 is 15.9 Å². The molecule has 3 nitrogen and oxygen atoms in total. The Labute approximate surface area is 116 Å². The lowest BCUT2D eigenvalue weighted by molar-refractivity contribution is -0.119. The molecule has 1 aromatic carbocycles. The summed E-state index contributed by atoms with van der Waals surface area (Å²) in [5.74, 6) is 1.08. The zero-order valence-corrected chi connectivity index (χ0v) is 12.2. The number of halogens is 1. The highest BCUT2D eigenvalue weighted by Gasteiger charge is 2.42. The molecule has 0 radical (unpaired) electrons. The lowest BCUT2D eigenvalue weighted by Gasteiger charge is -2.42. The number of hydrogen-bond donors (Lipinski definition) is 0. The number of carbonyl (C=O) groups is 1. The fourth-order valence-corrected chi connectivity index (χ4v) is 2.65. The predicted octanol–water partition coefficient (Wildman–Crippen LogP) is 3.09. The number of ether oxygens (including phenoxy) is 2. The van der Waals surface area contributed by atoms with Gasteiger partial charge in [-0.2, -0.15) is 0 Å². The number of ketones is 1. The van der Waals surface area contributed by atoms with Crippen molar-refractivity contribution < 1.29 is 14.3 Å². The molecule has 0 atom stereocenters. The molecule has 4 heteroatoms. The predicted molar refractivity (Wildman–Crippen MR) is 73.1 cm³/mol. The Hall–Kier alpha value is -0.870. The molecule has 0 aliphatic carbocycles. The topological polar surface area (TPSA) is 35.5 Å². The summed E-state index contributed by atoms with van der Waals surface area (Å²) in [5, 5.41) is 0. The van der Waals surface area contributed by atoms with Crippen LogP contribution in [0.5, 0.6) is 5.75 Å². The van der Waals surface area contributed by atoms with Crippen LogP contribution in [0.15, 0.2) is 22.7 Å². The Kier molecular flexibility index (Phi) is 4.07. The second-order valence-electron chi connectivity index (χ2n) is 4.82. The van der Waals surface area contributed by atoms with E-state index in [4.69, 9.17) is 9.47 Å². The van der Waals surface area contributed by atoms with Gasteiger partial charge in [0.05, 0.1) is 20.3 Å². The van der Waals surface area contributed by atoms with Crippen molar-refractivity contribution in [3.05, 3.63) is 28.2 Å². The summed E-state index contributed by atoms with van der Waals surface area (Å²) in [6.07, 6.45) is 1.40. The van der Waals surface area contributed by atoms with Crippen molar-refractivity contribution in [3.8, 4) is 5.75 Å². The van der Waals surface area contributed by atoms with E-state index in [0.29, 0.717) is 19.6 Å². The van der Waals surface area contributed by atoms with Crippen LogP contribution in [-0.2, 0) is 14.9 Å². The maximum atomic E-state index is 11.2. The van der Waals surface area contributed by atoms with Gasteiger partial charge in [-0.1, -0.05) is 15.9 Å². The zero-order valence-electron chi connectivity index (χ0n) is 10.7. The molecule has 18 heavy (non-hydrogen) atoms. The van der Waals surface area contributed by atoms with Crippen molar-refractivity contribution in [2.75, 3.05) is 20.3 Å². The first kappa shape index (κ1) is 13.6. The summed E-state index contributed by atoms with van der Waals surface area (Å²) in [6, 6.07) is 5.98. The van der Waals surface area contributed by atoms with Crippen LogP contribution in [0.3, 0.4) is 0 Å². The van der Waals surface area contributed by atoms with Crippen LogP contribution in [0.2, 0.25) is 0 Å². The maximum Gasteiger partial charge on any atom is 0.129 e. The van der Waals surface area contributed by atoms with E-state index >= 15 is 0 Å². The molecule has 0 spiro atoms. The maximum absolute atomic E-state index is 11.2. The molecule has 0 aromatic heterocycles. The van der Waals surface area contributed by atoms with Crippen molar-refractivity contribution in [1.82, 2.24) is 0 Å². The average Bonchev–Trinajstić information content (AvgIpc) is 2.27. The molecule has 1 aliphatic rings. The molecule has 0 N–H and O–H groups in total. The first-order chi connectivity index (χ1) is 8.57. The first-order valence-electron chi connectivity index (χ1n) is 5.99. The van der Waals surface area contributed by atoms with Crippen LogP contribution in [0, 0.1) is 0 Å². The highest BCUT2D eigenvalue weighted by atomic mass is 79.9. The van der Waals surface area contributed by atoms with Crippen molar-refractivity contribution in [2.45, 2.75) is 25.2 Å². The van der Waals surface area contributed by atoms with Crippen LogP contribution in [-0.4, -0.2) is 26.1 Å². The Morgan fingerprint density at radius 3 is 2.72 bits per heavy atom. The normalized spacial score (nSPS) is 17.1. The van der Waals surface area contributed by atoms with Crippen LogP contribution in [0.25, 0.3) is 0 Å². The molecule has 0 bridgehead atoms. The number of carbonyl (C=O) groups excluding carboxylic acids is 1. The molecule has 0 saturated carbocycles. The fraction of sp³-hybridized carbons (Fsp3) is 0.500. The zero-order chi connectivity index (χ0) is 13.2. The van der Waals surface area contributed by atoms with Crippen LogP contribution in [0.1, 0.15) is 25.3 Å². The molecule has 1 heterocycles. The standard InChI is InChI=1S/C14H17BrO3/c1-10(16)5-6-14(8-18-9-14)12-7-11(15)3-4-13(12)17-2/h3-4,7H,5-6,8-9H2,1-2H3. The highest BCUT2D eigenvalue weighted by Crippen LogP contribution is 2.42. The third kappa shape index (κ3) is 2.59. The molecular formula is C14H17BrO3. The van der Waals surface area contributed by atoms with Gasteiger partial charge in [0.25, 0.3) is 0 Å². The van der Waals surface area contributed by atoms with Gasteiger partial charge in [0.2, 0.25) is 0 Å². The molecular weight excluding hydrogens is 296 g/mol. The van der Waals surface area contributed by atoms with Gasteiger partial charge in [-0.05, 0) is 31.5 Å². The van der Waals surface area contributed by atoms with E-state index in [1.54, 1.807) is 14.0 Å². The fourth-order valence-electron chi connectivity index (χ4n) is 2.29. The number of rotatable bonds is 5. The van der Waals surface area contributed by atoms with Gasteiger partial charge in [-0.25, -0.2) is 0 Å². The minimum atomic E-state index is -0.0687. The first-order valence-corrected chi connectivity index (χ1v) is 6.78. The van der Waals surface area contributed by atoms with E-state index in [1.807, 2.05) is 12.1 Å². The van der Waals surface area contributed by atoms with Crippen LogP contribution in [0.4, 0.5) is 0 Å². The monoisotopic (exact) mass is 312 g/mol. The van der Waals surface area contributed by atoms with Gasteiger partial charge in [0.1, 0.15) is 11.5 Å². The largest absolute Gasteiger partial charge is 0.496 e. The molecule has 1 fully saturated rings. The summed E-state index contributed by atoms with van der Waals surface area (Å²) in [5.41, 5.74) is 1.06. The molecule has 0 amide bonds. The highest BCUT2D eigenvalue weighted by molar-refractivity contribution is 9.10. The number of Topliss-reactive ketones (excluding diaryl/α,β-unsaturated/α-hetero) is 1. The third-order valence-corrected chi connectivity index (χ3v) is 3.94.